The summed E-state index contributed by atoms with van der Waals surface area (Å²) in [5, 5.41) is 15.6. The number of nitrogen functional groups attached to an aromatic ring is 1. The molecule has 0 radical (unpaired) electrons. The third kappa shape index (κ3) is 2.93. The molecule has 1 saturated heterocycles. The topological polar surface area (TPSA) is 100 Å². The molecule has 148 valence electrons. The van der Waals surface area contributed by atoms with Crippen LogP contribution in [0.15, 0.2) is 24.5 Å². The lowest BCUT2D eigenvalue weighted by atomic mass is 10.0. The average molecular weight is 431 g/mol. The zero-order valence-corrected chi connectivity index (χ0v) is 16.7. The summed E-state index contributed by atoms with van der Waals surface area (Å²) in [6.07, 6.45) is 1.43. The third-order valence-corrected chi connectivity index (χ3v) is 6.22. The first kappa shape index (κ1) is 18.3. The number of aromatic hydroxyl groups is 1. The van der Waals surface area contributed by atoms with Gasteiger partial charge >= 0.3 is 0 Å². The van der Waals surface area contributed by atoms with E-state index in [0.29, 0.717) is 37.3 Å². The van der Waals surface area contributed by atoms with Gasteiger partial charge in [-0.2, -0.15) is 0 Å². The first-order valence-corrected chi connectivity index (χ1v) is 10.2. The van der Waals surface area contributed by atoms with E-state index >= 15 is 0 Å². The highest BCUT2D eigenvalue weighted by atomic mass is 35.5. The summed E-state index contributed by atoms with van der Waals surface area (Å²) in [7, 11) is 0. The minimum atomic E-state index is -0.419. The predicted molar refractivity (Wildman–Crippen MR) is 114 cm³/mol. The minimum absolute atomic E-state index is 0.0919. The zero-order chi connectivity index (χ0) is 20.1. The second kappa shape index (κ2) is 6.94. The Morgan fingerprint density at radius 2 is 2.00 bits per heavy atom. The third-order valence-electron chi connectivity index (χ3n) is 5.03. The summed E-state index contributed by atoms with van der Waals surface area (Å²) in [4.78, 5) is 15.1. The molecule has 1 aliphatic rings. The Balaban J connectivity index is 1.76. The number of aromatic nitrogens is 3. The van der Waals surface area contributed by atoms with E-state index in [1.54, 1.807) is 12.1 Å². The molecule has 1 fully saturated rings. The Hall–Kier alpha value is -2.75. The van der Waals surface area contributed by atoms with E-state index in [2.05, 4.69) is 25.2 Å². The van der Waals surface area contributed by atoms with Crippen LogP contribution in [0.25, 0.3) is 32.2 Å². The van der Waals surface area contributed by atoms with Crippen molar-refractivity contribution in [1.82, 2.24) is 20.3 Å². The van der Waals surface area contributed by atoms with Crippen molar-refractivity contribution in [3.05, 3.63) is 35.4 Å². The molecular weight excluding hydrogens is 415 g/mol. The Morgan fingerprint density at radius 1 is 1.21 bits per heavy atom. The SMILES string of the molecule is Nc1nc2c(-c3c(Cl)cc4c(N5CCNCC5)ncnc4c3O)ccc(F)c2s1. The molecule has 5 rings (SSSR count). The van der Waals surface area contributed by atoms with E-state index < -0.39 is 5.82 Å². The van der Waals surface area contributed by atoms with Crippen LogP contribution < -0.4 is 16.0 Å². The first-order chi connectivity index (χ1) is 14.0. The molecule has 0 saturated carbocycles. The molecule has 0 atom stereocenters. The predicted octanol–water partition coefficient (Wildman–Crippen LogP) is 3.40. The number of hydrogen-bond donors (Lipinski definition) is 3. The van der Waals surface area contributed by atoms with Gasteiger partial charge in [0.25, 0.3) is 0 Å². The number of benzene rings is 2. The molecule has 4 N–H and O–H groups in total. The Labute approximate surface area is 174 Å². The number of nitrogens with two attached hydrogens (primary N) is 1. The van der Waals surface area contributed by atoms with Crippen molar-refractivity contribution in [3.8, 4) is 16.9 Å². The molecule has 2 aromatic heterocycles. The van der Waals surface area contributed by atoms with E-state index in [0.717, 1.165) is 43.3 Å². The maximum absolute atomic E-state index is 14.2. The van der Waals surface area contributed by atoms with Crippen molar-refractivity contribution in [2.24, 2.45) is 0 Å². The number of thiazole rings is 1. The molecular formula is C19H16ClFN6OS. The molecule has 3 heterocycles. The number of anilines is 2. The minimum Gasteiger partial charge on any atom is -0.505 e. The smallest absolute Gasteiger partial charge is 0.181 e. The molecule has 29 heavy (non-hydrogen) atoms. The Morgan fingerprint density at radius 3 is 2.79 bits per heavy atom. The number of hydrogen-bond acceptors (Lipinski definition) is 8. The Kier molecular flexibility index (Phi) is 4.38. The van der Waals surface area contributed by atoms with E-state index in [9.17, 15) is 9.50 Å². The van der Waals surface area contributed by atoms with Crippen LogP contribution in [-0.4, -0.2) is 46.2 Å². The number of nitrogens with one attached hydrogen (secondary N) is 1. The first-order valence-electron chi connectivity index (χ1n) is 9.01. The van der Waals surface area contributed by atoms with Gasteiger partial charge in [0.05, 0.1) is 15.2 Å². The molecule has 0 bridgehead atoms. The fraction of sp³-hybridized carbons (Fsp3) is 0.211. The summed E-state index contributed by atoms with van der Waals surface area (Å²) in [5.41, 5.74) is 7.38. The lowest BCUT2D eigenvalue weighted by molar-refractivity contribution is 0.482. The standard InChI is InChI=1S/C19H16ClFN6OS/c20-11-7-10-14(24-8-25-18(10)27-5-3-23-4-6-27)16(28)13(11)9-1-2-12(21)17-15(9)26-19(22)29-17/h1-2,7-8,23,28H,3-6H2,(H2,22,26). The van der Waals surface area contributed by atoms with Gasteiger partial charge < -0.3 is 21.1 Å². The van der Waals surface area contributed by atoms with Crippen molar-refractivity contribution in [2.75, 3.05) is 36.8 Å². The second-order valence-electron chi connectivity index (χ2n) is 6.74. The van der Waals surface area contributed by atoms with E-state index in [4.69, 9.17) is 17.3 Å². The monoisotopic (exact) mass is 430 g/mol. The normalized spacial score (nSPS) is 14.8. The lowest BCUT2D eigenvalue weighted by Crippen LogP contribution is -2.44. The van der Waals surface area contributed by atoms with Crippen molar-refractivity contribution >= 4 is 55.0 Å². The summed E-state index contributed by atoms with van der Waals surface area (Å²) >= 11 is 7.66. The summed E-state index contributed by atoms with van der Waals surface area (Å²) < 4.78 is 14.5. The molecule has 0 aliphatic carbocycles. The van der Waals surface area contributed by atoms with Gasteiger partial charge in [-0.3, -0.25) is 0 Å². The van der Waals surface area contributed by atoms with Crippen LogP contribution in [0.1, 0.15) is 0 Å². The molecule has 0 spiro atoms. The molecule has 1 aliphatic heterocycles. The maximum atomic E-state index is 14.2. The van der Waals surface area contributed by atoms with Crippen molar-refractivity contribution in [2.45, 2.75) is 0 Å². The number of fused-ring (bicyclic) bond motifs is 2. The molecule has 4 aromatic rings. The van der Waals surface area contributed by atoms with Gasteiger partial charge in [-0.05, 0) is 18.2 Å². The number of nitrogens with zero attached hydrogens (tertiary/aromatic N) is 4. The van der Waals surface area contributed by atoms with Gasteiger partial charge in [0.2, 0.25) is 0 Å². The largest absolute Gasteiger partial charge is 0.505 e. The van der Waals surface area contributed by atoms with Crippen LogP contribution in [0.4, 0.5) is 15.3 Å². The van der Waals surface area contributed by atoms with Crippen molar-refractivity contribution in [1.29, 1.82) is 0 Å². The molecule has 0 amide bonds. The zero-order valence-electron chi connectivity index (χ0n) is 15.1. The van der Waals surface area contributed by atoms with Gasteiger partial charge in [0.15, 0.2) is 10.9 Å². The highest BCUT2D eigenvalue weighted by Gasteiger charge is 2.23. The van der Waals surface area contributed by atoms with Gasteiger partial charge in [-0.1, -0.05) is 22.9 Å². The highest BCUT2D eigenvalue weighted by molar-refractivity contribution is 7.22. The molecule has 0 unspecified atom stereocenters. The van der Waals surface area contributed by atoms with Gasteiger partial charge in [0, 0.05) is 42.7 Å². The average Bonchev–Trinajstić information content (AvgIpc) is 3.12. The van der Waals surface area contributed by atoms with Crippen LogP contribution in [0.2, 0.25) is 5.02 Å². The van der Waals surface area contributed by atoms with Crippen LogP contribution in [0.5, 0.6) is 5.75 Å². The van der Waals surface area contributed by atoms with Crippen LogP contribution in [-0.2, 0) is 0 Å². The molecule has 7 nitrogen and oxygen atoms in total. The number of phenols is 1. The summed E-state index contributed by atoms with van der Waals surface area (Å²) in [6.45, 7) is 3.29. The van der Waals surface area contributed by atoms with Crippen LogP contribution in [0, 0.1) is 5.82 Å². The fourth-order valence-corrected chi connectivity index (χ4v) is 4.78. The summed E-state index contributed by atoms with van der Waals surface area (Å²) in [6, 6.07) is 4.61. The second-order valence-corrected chi connectivity index (χ2v) is 8.18. The number of rotatable bonds is 2. The summed E-state index contributed by atoms with van der Waals surface area (Å²) in [5.74, 6) is 0.214. The maximum Gasteiger partial charge on any atom is 0.181 e. The van der Waals surface area contributed by atoms with Crippen LogP contribution >= 0.6 is 22.9 Å². The highest BCUT2D eigenvalue weighted by Crippen LogP contribution is 2.45. The quantitative estimate of drug-likeness (QED) is 0.448. The molecule has 2 aromatic carbocycles. The Bertz CT molecular complexity index is 1260. The lowest BCUT2D eigenvalue weighted by Gasteiger charge is -2.29. The van der Waals surface area contributed by atoms with Crippen LogP contribution in [0.3, 0.4) is 0 Å². The molecule has 10 heteroatoms. The number of halogens is 2. The number of phenolic OH excluding ortho intramolecular Hbond substituents is 1. The van der Waals surface area contributed by atoms with Crippen molar-refractivity contribution in [3.63, 3.8) is 0 Å². The van der Waals surface area contributed by atoms with Gasteiger partial charge in [0.1, 0.15) is 23.5 Å². The fourth-order valence-electron chi connectivity index (χ4n) is 3.72. The van der Waals surface area contributed by atoms with E-state index in [-0.39, 0.29) is 10.9 Å². The van der Waals surface area contributed by atoms with Crippen molar-refractivity contribution < 1.29 is 9.50 Å². The number of piperazine rings is 1. The van der Waals surface area contributed by atoms with E-state index in [1.807, 2.05) is 0 Å². The van der Waals surface area contributed by atoms with E-state index in [1.165, 1.54) is 12.4 Å². The van der Waals surface area contributed by atoms with Gasteiger partial charge in [-0.25, -0.2) is 19.3 Å². The van der Waals surface area contributed by atoms with Gasteiger partial charge in [-0.15, -0.1) is 0 Å².